The first-order valence-electron chi connectivity index (χ1n) is 31.0. The Balaban J connectivity index is 3.15. The average molecular weight is 1210 g/mol. The van der Waals surface area contributed by atoms with E-state index >= 15 is 0 Å². The maximum absolute atomic E-state index is 13.2. The maximum atomic E-state index is 13.2. The minimum atomic E-state index is -0.873. The Bertz CT molecular complexity index is 1900. The van der Waals surface area contributed by atoms with Crippen molar-refractivity contribution < 1.29 is 71.4 Å². The lowest BCUT2D eigenvalue weighted by Crippen LogP contribution is -2.57. The molecule has 21 heteroatoms. The number of rotatable bonds is 14. The molecule has 6 unspecified atom stereocenters. The van der Waals surface area contributed by atoms with Gasteiger partial charge in [-0.15, -0.1) is 0 Å². The molecule has 0 spiro atoms. The van der Waals surface area contributed by atoms with Crippen LogP contribution in [0.1, 0.15) is 163 Å². The Kier molecular flexibility index (Phi) is 32.5. The van der Waals surface area contributed by atoms with Crippen LogP contribution in [0.5, 0.6) is 0 Å². The summed E-state index contributed by atoms with van der Waals surface area (Å²) in [6.45, 7) is 39.9. The molecular weight excluding hydrogens is 1090 g/mol. The number of carbonyl (C=O) groups is 6. The predicted molar refractivity (Wildman–Crippen MR) is 330 cm³/mol. The third-order valence-corrected chi connectivity index (χ3v) is 16.7. The molecule has 0 aromatic heterocycles. The van der Waals surface area contributed by atoms with Crippen LogP contribution >= 0.6 is 0 Å². The van der Waals surface area contributed by atoms with Gasteiger partial charge in [0.05, 0.1) is 119 Å². The van der Waals surface area contributed by atoms with Crippen molar-refractivity contribution in [1.82, 2.24) is 31.9 Å². The molecule has 2 rings (SSSR count). The highest BCUT2D eigenvalue weighted by Crippen LogP contribution is 2.54. The fourth-order valence-corrected chi connectivity index (χ4v) is 13.0. The van der Waals surface area contributed by atoms with E-state index in [1.54, 1.807) is 0 Å². The lowest BCUT2D eigenvalue weighted by Gasteiger charge is -2.53. The molecular formula is C64H120N6O15. The molecule has 6 atom stereocenters. The highest BCUT2D eigenvalue weighted by molar-refractivity contribution is 5.74. The van der Waals surface area contributed by atoms with Gasteiger partial charge in [0.2, 0.25) is 35.4 Å². The standard InChI is InChI=1S/C64H120N6O15/c1-49(71)65-37-59(31-55(7,8)9)33-61(39-67-51(3)73)35-63(57(13,14)15,41-69-53(5)75)47-84-29-23-79-24-30-85-48-64(58(16,17)18,42-70-54(6)76)36-62(40-68-52(4)74,46-83-28-22-78-21-27-82-45-61)34-60(32-56(10,11)12,38-66-50(2)72)44-81-26-20-77-19-25-80-43-59/h19-48H2,1-18H3,(H,65,71)(H,66,72)(H,67,73)(H,68,74)(H,69,75)(H,70,76). The van der Waals surface area contributed by atoms with E-state index in [9.17, 15) is 28.8 Å². The second-order valence-corrected chi connectivity index (χ2v) is 29.9. The molecule has 2 aliphatic heterocycles. The molecule has 85 heavy (non-hydrogen) atoms. The van der Waals surface area contributed by atoms with Crippen molar-refractivity contribution >= 4 is 35.4 Å². The van der Waals surface area contributed by atoms with Crippen molar-refractivity contribution in [2.24, 2.45) is 54.1 Å². The fraction of sp³-hybridized carbons (Fsp3) is 0.906. The van der Waals surface area contributed by atoms with Crippen LogP contribution in [-0.4, -0.2) is 194 Å². The van der Waals surface area contributed by atoms with Gasteiger partial charge in [-0.25, -0.2) is 0 Å². The van der Waals surface area contributed by atoms with E-state index in [-0.39, 0.29) is 204 Å². The average Bonchev–Trinajstić information content (AvgIpc) is 1.20. The van der Waals surface area contributed by atoms with Gasteiger partial charge in [0.25, 0.3) is 0 Å². The van der Waals surface area contributed by atoms with Gasteiger partial charge in [-0.05, 0) is 60.2 Å². The normalized spacial score (nSPS) is 28.3. The van der Waals surface area contributed by atoms with Gasteiger partial charge in [0, 0.05) is 113 Å². The molecule has 0 radical (unpaired) electrons. The zero-order valence-electron chi connectivity index (χ0n) is 56.3. The molecule has 0 aromatic carbocycles. The van der Waals surface area contributed by atoms with Crippen LogP contribution in [-0.2, 0) is 71.4 Å². The van der Waals surface area contributed by atoms with Crippen LogP contribution in [0.4, 0.5) is 0 Å². The zero-order valence-corrected chi connectivity index (χ0v) is 56.3. The Labute approximate surface area is 512 Å². The highest BCUT2D eigenvalue weighted by atomic mass is 16.6. The quantitative estimate of drug-likeness (QED) is 0.103. The summed E-state index contributed by atoms with van der Waals surface area (Å²) in [6, 6.07) is 0. The second kappa shape index (κ2) is 35.6. The monoisotopic (exact) mass is 1210 g/mol. The van der Waals surface area contributed by atoms with E-state index in [4.69, 9.17) is 42.6 Å². The molecule has 0 saturated carbocycles. The molecule has 496 valence electrons. The van der Waals surface area contributed by atoms with Gasteiger partial charge < -0.3 is 74.5 Å². The predicted octanol–water partition coefficient (Wildman–Crippen LogP) is 6.42. The molecule has 6 amide bonds. The van der Waals surface area contributed by atoms with Gasteiger partial charge in [0.15, 0.2) is 0 Å². The van der Waals surface area contributed by atoms with Crippen LogP contribution in [0.25, 0.3) is 0 Å². The van der Waals surface area contributed by atoms with Crippen LogP contribution < -0.4 is 31.9 Å². The lowest BCUT2D eigenvalue weighted by atomic mass is 9.55. The Hall–Kier alpha value is -3.54. The molecule has 0 aromatic rings. The van der Waals surface area contributed by atoms with E-state index in [0.29, 0.717) is 38.5 Å². The summed E-state index contributed by atoms with van der Waals surface area (Å²) in [5, 5.41) is 19.1. The number of nitrogens with one attached hydrogen (secondary N) is 6. The minimum absolute atomic E-state index is 0.151. The molecule has 2 fully saturated rings. The maximum Gasteiger partial charge on any atom is 0.216 e. The molecule has 2 aliphatic rings. The van der Waals surface area contributed by atoms with Crippen molar-refractivity contribution in [3.8, 4) is 0 Å². The molecule has 2 bridgehead atoms. The summed E-state index contributed by atoms with van der Waals surface area (Å²) in [7, 11) is 0. The largest absolute Gasteiger partial charge is 0.378 e. The summed E-state index contributed by atoms with van der Waals surface area (Å²) in [6.07, 6.45) is 2.85. The van der Waals surface area contributed by atoms with Crippen molar-refractivity contribution in [2.45, 2.75) is 163 Å². The first kappa shape index (κ1) is 77.6. The minimum Gasteiger partial charge on any atom is -0.378 e. The number of amides is 6. The van der Waals surface area contributed by atoms with Crippen LogP contribution in [0.3, 0.4) is 0 Å². The summed E-state index contributed by atoms with van der Waals surface area (Å²) in [5.74, 6) is -1.23. The Morgan fingerprint density at radius 3 is 0.765 bits per heavy atom. The van der Waals surface area contributed by atoms with Gasteiger partial charge in [0.1, 0.15) is 0 Å². The fourth-order valence-electron chi connectivity index (χ4n) is 13.0. The summed E-state index contributed by atoms with van der Waals surface area (Å²) >= 11 is 0. The summed E-state index contributed by atoms with van der Waals surface area (Å²) < 4.78 is 59.3. The summed E-state index contributed by atoms with van der Waals surface area (Å²) in [5.41, 5.74) is -6.34. The van der Waals surface area contributed by atoms with E-state index in [1.807, 2.05) is 0 Å². The van der Waals surface area contributed by atoms with Crippen LogP contribution in [0.15, 0.2) is 0 Å². The smallest absolute Gasteiger partial charge is 0.216 e. The van der Waals surface area contributed by atoms with Gasteiger partial charge >= 0.3 is 0 Å². The first-order chi connectivity index (χ1) is 39.4. The third-order valence-electron chi connectivity index (χ3n) is 16.7. The number of ether oxygens (including phenoxy) is 9. The molecule has 6 N–H and O–H groups in total. The van der Waals surface area contributed by atoms with Gasteiger partial charge in [-0.3, -0.25) is 28.8 Å². The topological polar surface area (TPSA) is 258 Å². The van der Waals surface area contributed by atoms with Crippen molar-refractivity contribution in [3.63, 3.8) is 0 Å². The van der Waals surface area contributed by atoms with Crippen LogP contribution in [0, 0.1) is 54.1 Å². The molecule has 21 nitrogen and oxygen atoms in total. The third kappa shape index (κ3) is 30.0. The highest BCUT2D eigenvalue weighted by Gasteiger charge is 2.54. The number of hydrogen-bond donors (Lipinski definition) is 6. The van der Waals surface area contributed by atoms with E-state index in [1.165, 1.54) is 41.5 Å². The van der Waals surface area contributed by atoms with Crippen molar-refractivity contribution in [2.75, 3.05) is 158 Å². The molecule has 2 heterocycles. The number of carbonyl (C=O) groups excluding carboxylic acids is 6. The van der Waals surface area contributed by atoms with E-state index in [2.05, 4.69) is 115 Å². The number of fused-ring (bicyclic) bond motifs is 10. The summed E-state index contributed by atoms with van der Waals surface area (Å²) in [4.78, 5) is 78.5. The second-order valence-electron chi connectivity index (χ2n) is 29.9. The first-order valence-corrected chi connectivity index (χ1v) is 31.0. The Morgan fingerprint density at radius 2 is 0.518 bits per heavy atom. The number of hydrogen-bond acceptors (Lipinski definition) is 15. The SMILES string of the molecule is CC(=O)NCC1(CC(C)(C)C)COCCOCCOCC(CNC(C)=O)(CC(C)(C)C)CC2(CNC(C)=O)COCCOCCOCC(CNC(C)=O)(C1)CC(CNC(C)=O)(C(C)(C)C)COCCOCCOCC(CNC(C)=O)(C(C)(C)C)C2. The van der Waals surface area contributed by atoms with E-state index in [0.717, 1.165) is 0 Å². The van der Waals surface area contributed by atoms with Crippen LogP contribution in [0.2, 0.25) is 0 Å². The molecule has 2 saturated heterocycles. The Morgan fingerprint density at radius 1 is 0.294 bits per heavy atom. The molecule has 0 aliphatic carbocycles. The lowest BCUT2D eigenvalue weighted by molar-refractivity contribution is -0.129. The van der Waals surface area contributed by atoms with Crippen molar-refractivity contribution in [3.05, 3.63) is 0 Å². The van der Waals surface area contributed by atoms with Crippen molar-refractivity contribution in [1.29, 1.82) is 0 Å². The van der Waals surface area contributed by atoms with Gasteiger partial charge in [-0.2, -0.15) is 0 Å². The van der Waals surface area contributed by atoms with Gasteiger partial charge in [-0.1, -0.05) is 83.1 Å². The zero-order chi connectivity index (χ0) is 64.3. The van der Waals surface area contributed by atoms with E-state index < -0.39 is 43.3 Å².